The van der Waals surface area contributed by atoms with E-state index in [-0.39, 0.29) is 28.8 Å². The van der Waals surface area contributed by atoms with Crippen LogP contribution in [-0.2, 0) is 13.5 Å². The Kier molecular flexibility index (Phi) is 4.61. The van der Waals surface area contributed by atoms with E-state index in [1.54, 1.807) is 12.1 Å². The number of halogens is 4. The summed E-state index contributed by atoms with van der Waals surface area (Å²) in [6.45, 7) is 0. The second kappa shape index (κ2) is 7.12. The fourth-order valence-corrected chi connectivity index (χ4v) is 3.06. The molecule has 0 saturated carbocycles. The molecule has 0 atom stereocenters. The molecule has 1 N–H and O–H groups in total. The lowest BCUT2D eigenvalue weighted by molar-refractivity contribution is 0.146. The zero-order valence-corrected chi connectivity index (χ0v) is 15.0. The van der Waals surface area contributed by atoms with E-state index in [1.807, 2.05) is 0 Å². The highest BCUT2D eigenvalue weighted by molar-refractivity contribution is 5.77. The fraction of sp³-hybridized carbons (Fsp3) is 0.158. The highest BCUT2D eigenvalue weighted by Gasteiger charge is 2.21. The van der Waals surface area contributed by atoms with Gasteiger partial charge < -0.3 is 4.98 Å². The summed E-state index contributed by atoms with van der Waals surface area (Å²) in [6.07, 6.45) is -1.24. The maximum absolute atomic E-state index is 13.4. The van der Waals surface area contributed by atoms with Crippen LogP contribution in [0.4, 0.5) is 17.6 Å². The molecule has 1 aromatic carbocycles. The first-order chi connectivity index (χ1) is 13.8. The van der Waals surface area contributed by atoms with Gasteiger partial charge in [0.2, 0.25) is 0 Å². The number of fused-ring (bicyclic) bond motifs is 1. The van der Waals surface area contributed by atoms with Crippen molar-refractivity contribution in [3.63, 3.8) is 0 Å². The number of nitrogens with zero attached hydrogens (tertiary/aromatic N) is 4. The molecule has 10 heteroatoms. The van der Waals surface area contributed by atoms with E-state index in [2.05, 4.69) is 20.1 Å². The number of H-pyrrole nitrogens is 1. The number of alkyl halides is 2. The van der Waals surface area contributed by atoms with Crippen molar-refractivity contribution in [3.05, 3.63) is 75.6 Å². The summed E-state index contributed by atoms with van der Waals surface area (Å²) in [5, 5.41) is 3.43. The predicted octanol–water partition coefficient (Wildman–Crippen LogP) is 3.53. The van der Waals surface area contributed by atoms with E-state index < -0.39 is 29.3 Å². The summed E-state index contributed by atoms with van der Waals surface area (Å²) >= 11 is 0. The third-order valence-corrected chi connectivity index (χ3v) is 4.33. The van der Waals surface area contributed by atoms with Crippen molar-refractivity contribution >= 4 is 11.0 Å². The summed E-state index contributed by atoms with van der Waals surface area (Å²) in [7, 11) is 1.43. The fourth-order valence-electron chi connectivity index (χ4n) is 3.06. The lowest BCUT2D eigenvalue weighted by atomic mass is 10.1. The Morgan fingerprint density at radius 3 is 2.48 bits per heavy atom. The van der Waals surface area contributed by atoms with Crippen molar-refractivity contribution in [1.82, 2.24) is 24.7 Å². The zero-order chi connectivity index (χ0) is 20.7. The van der Waals surface area contributed by atoms with Crippen LogP contribution >= 0.6 is 0 Å². The Morgan fingerprint density at radius 1 is 1.14 bits per heavy atom. The zero-order valence-electron chi connectivity index (χ0n) is 15.0. The Hall–Kier alpha value is -3.56. The van der Waals surface area contributed by atoms with Crippen LogP contribution in [0.3, 0.4) is 0 Å². The minimum Gasteiger partial charge on any atom is -0.310 e. The second-order valence-electron chi connectivity index (χ2n) is 6.41. The third-order valence-electron chi connectivity index (χ3n) is 4.33. The van der Waals surface area contributed by atoms with Crippen LogP contribution in [0, 0.1) is 11.6 Å². The van der Waals surface area contributed by atoms with Gasteiger partial charge in [0.15, 0.2) is 5.65 Å². The Morgan fingerprint density at radius 2 is 1.86 bits per heavy atom. The predicted molar refractivity (Wildman–Crippen MR) is 96.5 cm³/mol. The molecule has 0 aliphatic rings. The molecule has 4 rings (SSSR count). The van der Waals surface area contributed by atoms with Crippen molar-refractivity contribution in [3.8, 4) is 11.3 Å². The van der Waals surface area contributed by atoms with E-state index in [9.17, 15) is 22.4 Å². The van der Waals surface area contributed by atoms with E-state index in [0.29, 0.717) is 11.3 Å². The first-order valence-electron chi connectivity index (χ1n) is 8.47. The van der Waals surface area contributed by atoms with Gasteiger partial charge in [0.05, 0.1) is 5.69 Å². The van der Waals surface area contributed by atoms with Crippen molar-refractivity contribution in [2.45, 2.75) is 12.8 Å². The second-order valence-corrected chi connectivity index (χ2v) is 6.41. The molecule has 148 valence electrons. The highest BCUT2D eigenvalue weighted by atomic mass is 19.3. The summed E-state index contributed by atoms with van der Waals surface area (Å²) < 4.78 is 54.0. The monoisotopic (exact) mass is 403 g/mol. The number of aromatic nitrogens is 5. The molecule has 0 bridgehead atoms. The molecule has 0 saturated heterocycles. The number of hydrogen-bond acceptors (Lipinski definition) is 4. The van der Waals surface area contributed by atoms with Gasteiger partial charge >= 0.3 is 0 Å². The first kappa shape index (κ1) is 18.8. The van der Waals surface area contributed by atoms with Crippen LogP contribution < -0.4 is 5.56 Å². The van der Waals surface area contributed by atoms with Crippen molar-refractivity contribution in [2.75, 3.05) is 0 Å². The Balaban J connectivity index is 1.65. The largest absolute Gasteiger partial charge is 0.310 e. The van der Waals surface area contributed by atoms with Crippen molar-refractivity contribution < 1.29 is 17.6 Å². The van der Waals surface area contributed by atoms with E-state index in [1.165, 1.54) is 25.4 Å². The quantitative estimate of drug-likeness (QED) is 0.529. The van der Waals surface area contributed by atoms with E-state index in [4.69, 9.17) is 0 Å². The number of aromatic amines is 1. The average Bonchev–Trinajstić information content (AvgIpc) is 2.99. The number of nitrogens with one attached hydrogen (secondary N) is 1. The van der Waals surface area contributed by atoms with Gasteiger partial charge in [-0.25, -0.2) is 27.2 Å². The molecule has 3 aromatic heterocycles. The molecule has 0 amide bonds. The summed E-state index contributed by atoms with van der Waals surface area (Å²) in [4.78, 5) is 23.2. The molecule has 3 heterocycles. The molecular formula is C19H13F4N5O. The van der Waals surface area contributed by atoms with Crippen LogP contribution in [0.1, 0.15) is 23.5 Å². The molecule has 4 aromatic rings. The molecule has 0 unspecified atom stereocenters. The number of hydrogen-bond donors (Lipinski definition) is 1. The first-order valence-corrected chi connectivity index (χ1v) is 8.47. The van der Waals surface area contributed by atoms with Gasteiger partial charge in [-0.1, -0.05) is 6.07 Å². The molecule has 29 heavy (non-hydrogen) atoms. The van der Waals surface area contributed by atoms with Gasteiger partial charge in [0, 0.05) is 31.3 Å². The van der Waals surface area contributed by atoms with Crippen LogP contribution in [0.25, 0.3) is 22.3 Å². The summed E-state index contributed by atoms with van der Waals surface area (Å²) in [5.41, 5.74) is 0.0567. The molecule has 0 aliphatic carbocycles. The van der Waals surface area contributed by atoms with Crippen LogP contribution in [0.2, 0.25) is 0 Å². The summed E-state index contributed by atoms with van der Waals surface area (Å²) in [5.74, 6) is -1.17. The molecule has 0 radical (unpaired) electrons. The lowest BCUT2D eigenvalue weighted by Gasteiger charge is -2.05. The molecule has 0 fully saturated rings. The summed E-state index contributed by atoms with van der Waals surface area (Å²) in [6, 6.07) is 6.36. The van der Waals surface area contributed by atoms with Gasteiger partial charge in [0.1, 0.15) is 28.5 Å². The Bertz CT molecular complexity index is 1240. The number of aryl methyl sites for hydroxylation is 1. The van der Waals surface area contributed by atoms with Crippen LogP contribution in [-0.4, -0.2) is 24.7 Å². The van der Waals surface area contributed by atoms with Crippen molar-refractivity contribution in [1.29, 1.82) is 0 Å². The van der Waals surface area contributed by atoms with Gasteiger partial charge in [-0.05, 0) is 23.8 Å². The van der Waals surface area contributed by atoms with E-state index in [0.717, 1.165) is 10.7 Å². The number of benzene rings is 1. The topological polar surface area (TPSA) is 76.5 Å². The Labute approximate surface area is 160 Å². The number of rotatable bonds is 4. The third kappa shape index (κ3) is 3.60. The average molecular weight is 403 g/mol. The van der Waals surface area contributed by atoms with E-state index >= 15 is 0 Å². The van der Waals surface area contributed by atoms with Gasteiger partial charge in [-0.3, -0.25) is 9.78 Å². The SMILES string of the molecule is Cn1nc(C(F)F)c2c(=O)[nH]c(Cc3ccc(-c4cc(F)cc(F)c4)nc3)nc21. The highest BCUT2D eigenvalue weighted by Crippen LogP contribution is 2.23. The lowest BCUT2D eigenvalue weighted by Crippen LogP contribution is -2.13. The van der Waals surface area contributed by atoms with Gasteiger partial charge in [-0.15, -0.1) is 0 Å². The van der Waals surface area contributed by atoms with Crippen LogP contribution in [0.5, 0.6) is 0 Å². The van der Waals surface area contributed by atoms with Crippen LogP contribution in [0.15, 0.2) is 41.3 Å². The molecule has 6 nitrogen and oxygen atoms in total. The van der Waals surface area contributed by atoms with Gasteiger partial charge in [0.25, 0.3) is 12.0 Å². The normalized spacial score (nSPS) is 11.5. The maximum Gasteiger partial charge on any atom is 0.283 e. The maximum atomic E-state index is 13.4. The standard InChI is InChI=1S/C19H13F4N5O/c1-28-18-15(16(27-28)17(22)23)19(29)26-14(25-18)4-9-2-3-13(24-8-9)10-5-11(20)7-12(21)6-10/h2-3,5-8,17H,4H2,1H3,(H,25,26,29). The minimum atomic E-state index is -2.89. The molecular weight excluding hydrogens is 390 g/mol. The minimum absolute atomic E-state index is 0.0545. The van der Waals surface area contributed by atoms with Gasteiger partial charge in [-0.2, -0.15) is 5.10 Å². The smallest absolute Gasteiger partial charge is 0.283 e. The number of pyridine rings is 1. The molecule has 0 aliphatic heterocycles. The van der Waals surface area contributed by atoms with Crippen molar-refractivity contribution in [2.24, 2.45) is 7.05 Å². The molecule has 0 spiro atoms.